The zero-order valence-electron chi connectivity index (χ0n) is 7.64. The van der Waals surface area contributed by atoms with E-state index >= 15 is 0 Å². The highest BCUT2D eigenvalue weighted by molar-refractivity contribution is 7.99. The van der Waals surface area contributed by atoms with E-state index in [2.05, 4.69) is 6.58 Å². The van der Waals surface area contributed by atoms with Crippen LogP contribution in [0.25, 0.3) is 0 Å². The second-order valence-electron chi connectivity index (χ2n) is 2.74. The molecular formula is C10H8ClF3S. The molecule has 0 fully saturated rings. The fourth-order valence-corrected chi connectivity index (χ4v) is 1.87. The minimum absolute atomic E-state index is 0.273. The lowest BCUT2D eigenvalue weighted by atomic mass is 10.2. The van der Waals surface area contributed by atoms with E-state index in [4.69, 9.17) is 11.6 Å². The monoisotopic (exact) mass is 252 g/mol. The first-order valence-corrected chi connectivity index (χ1v) is 5.42. The fraction of sp³-hybridized carbons (Fsp3) is 0.200. The topological polar surface area (TPSA) is 0 Å². The number of rotatable bonds is 3. The van der Waals surface area contributed by atoms with E-state index < -0.39 is 11.7 Å². The third-order valence-electron chi connectivity index (χ3n) is 1.61. The lowest BCUT2D eigenvalue weighted by Crippen LogP contribution is -2.05. The zero-order valence-corrected chi connectivity index (χ0v) is 9.22. The molecule has 0 aliphatic heterocycles. The van der Waals surface area contributed by atoms with E-state index in [1.54, 1.807) is 12.1 Å². The SMILES string of the molecule is C=CCSc1ccc(Cl)c(C(F)(F)F)c1. The van der Waals surface area contributed by atoms with Crippen LogP contribution in [-0.2, 0) is 6.18 Å². The van der Waals surface area contributed by atoms with Crippen molar-refractivity contribution in [2.75, 3.05) is 5.75 Å². The molecule has 82 valence electrons. The van der Waals surface area contributed by atoms with Gasteiger partial charge in [0.25, 0.3) is 0 Å². The van der Waals surface area contributed by atoms with Crippen LogP contribution >= 0.6 is 23.4 Å². The summed E-state index contributed by atoms with van der Waals surface area (Å²) in [6.07, 6.45) is -2.77. The van der Waals surface area contributed by atoms with Crippen LogP contribution in [0.15, 0.2) is 35.7 Å². The predicted octanol–water partition coefficient (Wildman–Crippen LogP) is 4.64. The van der Waals surface area contributed by atoms with Gasteiger partial charge in [0.2, 0.25) is 0 Å². The van der Waals surface area contributed by atoms with Crippen molar-refractivity contribution in [3.63, 3.8) is 0 Å². The molecule has 1 aromatic rings. The first-order valence-electron chi connectivity index (χ1n) is 4.05. The highest BCUT2D eigenvalue weighted by atomic mass is 35.5. The van der Waals surface area contributed by atoms with E-state index in [0.717, 1.165) is 6.07 Å². The average Bonchev–Trinajstić information content (AvgIpc) is 2.15. The molecule has 15 heavy (non-hydrogen) atoms. The van der Waals surface area contributed by atoms with Crippen LogP contribution in [0, 0.1) is 0 Å². The molecule has 1 aromatic carbocycles. The van der Waals surface area contributed by atoms with Gasteiger partial charge in [0.1, 0.15) is 0 Å². The van der Waals surface area contributed by atoms with Gasteiger partial charge in [0, 0.05) is 10.6 Å². The molecule has 5 heteroatoms. The van der Waals surface area contributed by atoms with Crippen molar-refractivity contribution >= 4 is 23.4 Å². The van der Waals surface area contributed by atoms with Gasteiger partial charge in [-0.25, -0.2) is 0 Å². The van der Waals surface area contributed by atoms with Gasteiger partial charge in [-0.05, 0) is 18.2 Å². The highest BCUT2D eigenvalue weighted by Crippen LogP contribution is 2.36. The standard InChI is InChI=1S/C10H8ClF3S/c1-2-5-15-7-3-4-9(11)8(6-7)10(12,13)14/h2-4,6H,1,5H2. The Hall–Kier alpha value is -0.610. The largest absolute Gasteiger partial charge is 0.417 e. The lowest BCUT2D eigenvalue weighted by molar-refractivity contribution is -0.137. The number of hydrogen-bond donors (Lipinski definition) is 0. The Morgan fingerprint density at radius 2 is 2.07 bits per heavy atom. The summed E-state index contributed by atoms with van der Waals surface area (Å²) in [4.78, 5) is 0.534. The van der Waals surface area contributed by atoms with Crippen molar-refractivity contribution in [2.45, 2.75) is 11.1 Å². The maximum absolute atomic E-state index is 12.4. The quantitative estimate of drug-likeness (QED) is 0.558. The summed E-state index contributed by atoms with van der Waals surface area (Å²) in [7, 11) is 0. The second kappa shape index (κ2) is 4.94. The lowest BCUT2D eigenvalue weighted by Gasteiger charge is -2.10. The molecule has 0 spiro atoms. The van der Waals surface area contributed by atoms with Crippen LogP contribution < -0.4 is 0 Å². The minimum atomic E-state index is -4.40. The van der Waals surface area contributed by atoms with Crippen molar-refractivity contribution in [3.8, 4) is 0 Å². The molecule has 0 aliphatic carbocycles. The van der Waals surface area contributed by atoms with Gasteiger partial charge < -0.3 is 0 Å². The molecule has 0 amide bonds. The Balaban J connectivity index is 3.00. The van der Waals surface area contributed by atoms with Crippen molar-refractivity contribution in [2.24, 2.45) is 0 Å². The molecule has 0 radical (unpaired) electrons. The first-order chi connectivity index (χ1) is 6.95. The maximum atomic E-state index is 12.4. The predicted molar refractivity (Wildman–Crippen MR) is 57.4 cm³/mol. The molecular weight excluding hydrogens is 245 g/mol. The van der Waals surface area contributed by atoms with E-state index in [1.165, 1.54) is 17.8 Å². The van der Waals surface area contributed by atoms with Crippen LogP contribution in [-0.4, -0.2) is 5.75 Å². The molecule has 0 N–H and O–H groups in total. The molecule has 0 atom stereocenters. The summed E-state index contributed by atoms with van der Waals surface area (Å²) in [5.74, 6) is 0.568. The average molecular weight is 253 g/mol. The molecule has 1 rings (SSSR count). The third kappa shape index (κ3) is 3.47. The Morgan fingerprint density at radius 3 is 2.60 bits per heavy atom. The van der Waals surface area contributed by atoms with Crippen LogP contribution in [0.4, 0.5) is 13.2 Å². The van der Waals surface area contributed by atoms with Gasteiger partial charge in [-0.2, -0.15) is 13.2 Å². The smallest absolute Gasteiger partial charge is 0.166 e. The summed E-state index contributed by atoms with van der Waals surface area (Å²) in [6.45, 7) is 3.50. The van der Waals surface area contributed by atoms with Crippen LogP contribution in [0.5, 0.6) is 0 Å². The summed E-state index contributed by atoms with van der Waals surface area (Å²) in [5.41, 5.74) is -0.793. The van der Waals surface area contributed by atoms with Gasteiger partial charge in [0.15, 0.2) is 0 Å². The Kier molecular flexibility index (Phi) is 4.11. The highest BCUT2D eigenvalue weighted by Gasteiger charge is 2.33. The number of benzene rings is 1. The molecule has 0 bridgehead atoms. The molecule has 0 saturated heterocycles. The summed E-state index contributed by atoms with van der Waals surface area (Å²) >= 11 is 6.75. The number of alkyl halides is 3. The van der Waals surface area contributed by atoms with Gasteiger partial charge in [-0.15, -0.1) is 18.3 Å². The van der Waals surface area contributed by atoms with Crippen molar-refractivity contribution in [1.82, 2.24) is 0 Å². The maximum Gasteiger partial charge on any atom is 0.417 e. The summed E-state index contributed by atoms with van der Waals surface area (Å²) < 4.78 is 37.3. The van der Waals surface area contributed by atoms with E-state index in [-0.39, 0.29) is 5.02 Å². The minimum Gasteiger partial charge on any atom is -0.166 e. The third-order valence-corrected chi connectivity index (χ3v) is 2.93. The summed E-state index contributed by atoms with van der Waals surface area (Å²) in [5, 5.41) is -0.273. The molecule has 0 aliphatic rings. The zero-order chi connectivity index (χ0) is 11.5. The number of hydrogen-bond acceptors (Lipinski definition) is 1. The van der Waals surface area contributed by atoms with Gasteiger partial charge >= 0.3 is 6.18 Å². The normalized spacial score (nSPS) is 11.5. The molecule has 0 aromatic heterocycles. The van der Waals surface area contributed by atoms with Gasteiger partial charge in [0.05, 0.1) is 10.6 Å². The fourth-order valence-electron chi connectivity index (χ4n) is 0.967. The van der Waals surface area contributed by atoms with Crippen molar-refractivity contribution in [1.29, 1.82) is 0 Å². The Labute approximate surface area is 95.1 Å². The molecule has 0 unspecified atom stereocenters. The summed E-state index contributed by atoms with van der Waals surface area (Å²) in [6, 6.07) is 3.87. The van der Waals surface area contributed by atoms with Crippen LogP contribution in [0.2, 0.25) is 5.02 Å². The van der Waals surface area contributed by atoms with Gasteiger partial charge in [-0.1, -0.05) is 17.7 Å². The number of halogens is 4. The Bertz CT molecular complexity index is 360. The van der Waals surface area contributed by atoms with E-state index in [9.17, 15) is 13.2 Å². The van der Waals surface area contributed by atoms with Crippen molar-refractivity contribution < 1.29 is 13.2 Å². The van der Waals surface area contributed by atoms with E-state index in [0.29, 0.717) is 10.6 Å². The molecule has 0 heterocycles. The molecule has 0 saturated carbocycles. The first kappa shape index (κ1) is 12.5. The second-order valence-corrected chi connectivity index (χ2v) is 4.24. The Morgan fingerprint density at radius 1 is 1.40 bits per heavy atom. The van der Waals surface area contributed by atoms with E-state index in [1.807, 2.05) is 0 Å². The molecule has 0 nitrogen and oxygen atoms in total. The van der Waals surface area contributed by atoms with Crippen LogP contribution in [0.1, 0.15) is 5.56 Å². The van der Waals surface area contributed by atoms with Crippen molar-refractivity contribution in [3.05, 3.63) is 41.4 Å². The number of thioether (sulfide) groups is 1. The van der Waals surface area contributed by atoms with Gasteiger partial charge in [-0.3, -0.25) is 0 Å². The van der Waals surface area contributed by atoms with Crippen LogP contribution in [0.3, 0.4) is 0 Å².